The number of nitrogens with two attached hydrogens (primary N) is 1. The molecule has 8 heteroatoms. The van der Waals surface area contributed by atoms with Crippen molar-refractivity contribution < 1.29 is 18.3 Å². The molecule has 0 unspecified atom stereocenters. The van der Waals surface area contributed by atoms with Crippen molar-refractivity contribution in [3.05, 3.63) is 35.9 Å². The van der Waals surface area contributed by atoms with Gasteiger partial charge in [-0.25, -0.2) is 23.3 Å². The van der Waals surface area contributed by atoms with Gasteiger partial charge in [0.15, 0.2) is 0 Å². The molecule has 7 nitrogen and oxygen atoms in total. The molecule has 0 spiro atoms. The van der Waals surface area contributed by atoms with E-state index in [1.807, 2.05) is 0 Å². The Morgan fingerprint density at radius 1 is 1.35 bits per heavy atom. The zero-order valence-electron chi connectivity index (χ0n) is 10.4. The number of rotatable bonds is 5. The fourth-order valence-electron chi connectivity index (χ4n) is 1.73. The minimum atomic E-state index is -3.61. The molecule has 0 saturated carbocycles. The summed E-state index contributed by atoms with van der Waals surface area (Å²) in [5, 5.41) is 17.4. The van der Waals surface area contributed by atoms with Gasteiger partial charge in [-0.1, -0.05) is 18.2 Å². The molecule has 1 aromatic carbocycles. The Balaban J connectivity index is 2.34. The number of anilines is 1. The number of aromatic nitrogens is 1. The molecular formula is C12H13N3O4S. The second-order valence-electron chi connectivity index (χ2n) is 4.18. The van der Waals surface area contributed by atoms with Gasteiger partial charge in [0.2, 0.25) is 10.0 Å². The molecule has 2 rings (SSSR count). The van der Waals surface area contributed by atoms with E-state index in [0.717, 1.165) is 0 Å². The minimum Gasteiger partial charge on any atom is -0.478 e. The van der Waals surface area contributed by atoms with E-state index < -0.39 is 16.0 Å². The van der Waals surface area contributed by atoms with Crippen LogP contribution in [0.15, 0.2) is 30.3 Å². The van der Waals surface area contributed by atoms with Crippen LogP contribution in [0.5, 0.6) is 0 Å². The molecule has 0 radical (unpaired) electrons. The van der Waals surface area contributed by atoms with Crippen LogP contribution in [-0.2, 0) is 10.0 Å². The summed E-state index contributed by atoms with van der Waals surface area (Å²) in [6, 6.07) is 8.55. The number of fused-ring (bicyclic) bond motifs is 1. The van der Waals surface area contributed by atoms with Crippen molar-refractivity contribution in [2.24, 2.45) is 5.14 Å². The fourth-order valence-corrected chi connectivity index (χ4v) is 2.11. The van der Waals surface area contributed by atoms with E-state index in [2.05, 4.69) is 10.3 Å². The predicted octanol–water partition coefficient (Wildman–Crippen LogP) is 0.633. The first kappa shape index (κ1) is 14.2. The van der Waals surface area contributed by atoms with Crippen LogP contribution in [0.2, 0.25) is 0 Å². The van der Waals surface area contributed by atoms with Gasteiger partial charge in [0, 0.05) is 11.9 Å². The third-order valence-electron chi connectivity index (χ3n) is 2.63. The lowest BCUT2D eigenvalue weighted by molar-refractivity contribution is 0.0697. The van der Waals surface area contributed by atoms with E-state index in [-0.39, 0.29) is 23.7 Å². The molecule has 106 valence electrons. The van der Waals surface area contributed by atoms with Crippen LogP contribution < -0.4 is 10.5 Å². The number of hydrogen-bond donors (Lipinski definition) is 3. The monoisotopic (exact) mass is 295 g/mol. The summed E-state index contributed by atoms with van der Waals surface area (Å²) in [7, 11) is -3.61. The summed E-state index contributed by atoms with van der Waals surface area (Å²) in [6.07, 6.45) is 0. The van der Waals surface area contributed by atoms with E-state index in [0.29, 0.717) is 10.9 Å². The molecule has 2 aromatic rings. The number of aromatic carboxylic acids is 1. The normalized spacial score (nSPS) is 11.4. The summed E-state index contributed by atoms with van der Waals surface area (Å²) in [6.45, 7) is -0.00947. The summed E-state index contributed by atoms with van der Waals surface area (Å²) >= 11 is 0. The molecule has 4 N–H and O–H groups in total. The average molecular weight is 295 g/mol. The molecule has 20 heavy (non-hydrogen) atoms. The lowest BCUT2D eigenvalue weighted by Crippen LogP contribution is -2.23. The van der Waals surface area contributed by atoms with Gasteiger partial charge in [0.05, 0.1) is 11.3 Å². The number of benzene rings is 1. The molecule has 0 aliphatic heterocycles. The van der Waals surface area contributed by atoms with E-state index >= 15 is 0 Å². The number of hydrogen-bond acceptors (Lipinski definition) is 5. The maximum atomic E-state index is 11.2. The highest BCUT2D eigenvalue weighted by Crippen LogP contribution is 2.20. The van der Waals surface area contributed by atoms with Crippen molar-refractivity contribution >= 4 is 32.7 Å². The van der Waals surface area contributed by atoms with Gasteiger partial charge in [-0.05, 0) is 12.1 Å². The van der Waals surface area contributed by atoms with Crippen LogP contribution in [0.3, 0.4) is 0 Å². The Hall–Kier alpha value is -2.19. The summed E-state index contributed by atoms with van der Waals surface area (Å²) in [5.41, 5.74) is 0.605. The molecule has 0 saturated heterocycles. The second kappa shape index (κ2) is 5.43. The van der Waals surface area contributed by atoms with E-state index in [9.17, 15) is 13.2 Å². The Labute approximate surface area is 115 Å². The highest BCUT2D eigenvalue weighted by Gasteiger charge is 2.13. The van der Waals surface area contributed by atoms with Crippen LogP contribution in [0, 0.1) is 0 Å². The first-order chi connectivity index (χ1) is 9.37. The first-order valence-electron chi connectivity index (χ1n) is 5.74. The van der Waals surface area contributed by atoms with Gasteiger partial charge in [0.1, 0.15) is 11.4 Å². The highest BCUT2D eigenvalue weighted by molar-refractivity contribution is 7.89. The maximum absolute atomic E-state index is 11.2. The van der Waals surface area contributed by atoms with Crippen LogP contribution >= 0.6 is 0 Å². The van der Waals surface area contributed by atoms with Crippen molar-refractivity contribution in [1.82, 2.24) is 4.98 Å². The van der Waals surface area contributed by atoms with Gasteiger partial charge < -0.3 is 10.4 Å². The number of sulfonamides is 1. The number of primary sulfonamides is 1. The number of para-hydroxylation sites is 1. The Bertz CT molecular complexity index is 758. The zero-order valence-corrected chi connectivity index (χ0v) is 11.2. The molecule has 0 aliphatic carbocycles. The SMILES string of the molecule is NS(=O)(=O)CCNc1nc2ccccc2cc1C(=O)O. The van der Waals surface area contributed by atoms with Gasteiger partial charge in [-0.2, -0.15) is 0 Å². The number of carboxylic acid groups (broad SMARTS) is 1. The number of carbonyl (C=O) groups is 1. The Morgan fingerprint density at radius 3 is 2.70 bits per heavy atom. The molecule has 0 amide bonds. The van der Waals surface area contributed by atoms with Crippen LogP contribution in [0.25, 0.3) is 10.9 Å². The summed E-state index contributed by atoms with van der Waals surface area (Å²) in [5.74, 6) is -1.32. The maximum Gasteiger partial charge on any atom is 0.339 e. The smallest absolute Gasteiger partial charge is 0.339 e. The average Bonchev–Trinajstić information content (AvgIpc) is 2.36. The van der Waals surface area contributed by atoms with E-state index in [4.69, 9.17) is 10.2 Å². The predicted molar refractivity (Wildman–Crippen MR) is 75.2 cm³/mol. The minimum absolute atomic E-state index is 0.00947. The fraction of sp³-hybridized carbons (Fsp3) is 0.167. The van der Waals surface area contributed by atoms with Gasteiger partial charge in [-0.15, -0.1) is 0 Å². The molecule has 0 atom stereocenters. The Kier molecular flexibility index (Phi) is 3.86. The van der Waals surface area contributed by atoms with E-state index in [1.54, 1.807) is 24.3 Å². The summed E-state index contributed by atoms with van der Waals surface area (Å²) in [4.78, 5) is 15.4. The van der Waals surface area contributed by atoms with Gasteiger partial charge in [0.25, 0.3) is 0 Å². The van der Waals surface area contributed by atoms with Crippen LogP contribution in [0.1, 0.15) is 10.4 Å². The number of pyridine rings is 1. The molecular weight excluding hydrogens is 282 g/mol. The topological polar surface area (TPSA) is 122 Å². The number of nitrogens with one attached hydrogen (secondary N) is 1. The Morgan fingerprint density at radius 2 is 2.05 bits per heavy atom. The largest absolute Gasteiger partial charge is 0.478 e. The lowest BCUT2D eigenvalue weighted by Gasteiger charge is -2.09. The highest BCUT2D eigenvalue weighted by atomic mass is 32.2. The first-order valence-corrected chi connectivity index (χ1v) is 7.46. The van der Waals surface area contributed by atoms with Crippen LogP contribution in [-0.4, -0.2) is 36.8 Å². The molecule has 1 heterocycles. The van der Waals surface area contributed by atoms with Gasteiger partial charge in [-0.3, -0.25) is 0 Å². The van der Waals surface area contributed by atoms with Crippen molar-refractivity contribution in [3.63, 3.8) is 0 Å². The number of nitrogens with zero attached hydrogens (tertiary/aromatic N) is 1. The van der Waals surface area contributed by atoms with Crippen LogP contribution in [0.4, 0.5) is 5.82 Å². The third kappa shape index (κ3) is 3.43. The molecule has 0 aliphatic rings. The molecule has 0 bridgehead atoms. The second-order valence-corrected chi connectivity index (χ2v) is 5.91. The molecule has 0 fully saturated rings. The van der Waals surface area contributed by atoms with E-state index in [1.165, 1.54) is 6.07 Å². The number of carboxylic acids is 1. The molecule has 1 aromatic heterocycles. The van der Waals surface area contributed by atoms with Crippen molar-refractivity contribution in [2.45, 2.75) is 0 Å². The zero-order chi connectivity index (χ0) is 14.8. The quantitative estimate of drug-likeness (QED) is 0.743. The van der Waals surface area contributed by atoms with Crippen molar-refractivity contribution in [3.8, 4) is 0 Å². The van der Waals surface area contributed by atoms with Crippen molar-refractivity contribution in [1.29, 1.82) is 0 Å². The standard InChI is InChI=1S/C12H13N3O4S/c13-20(18,19)6-5-14-11-9(12(16)17)7-8-3-1-2-4-10(8)15-11/h1-4,7H,5-6H2,(H,14,15)(H,16,17)(H2,13,18,19). The third-order valence-corrected chi connectivity index (χ3v) is 3.41. The van der Waals surface area contributed by atoms with Gasteiger partial charge >= 0.3 is 5.97 Å². The lowest BCUT2D eigenvalue weighted by atomic mass is 10.1. The summed E-state index contributed by atoms with van der Waals surface area (Å²) < 4.78 is 21.7. The van der Waals surface area contributed by atoms with Crippen molar-refractivity contribution in [2.75, 3.05) is 17.6 Å².